The van der Waals surface area contributed by atoms with Crippen molar-refractivity contribution in [3.63, 3.8) is 0 Å². The highest BCUT2D eigenvalue weighted by molar-refractivity contribution is 7.92. The van der Waals surface area contributed by atoms with Crippen LogP contribution in [0.3, 0.4) is 0 Å². The molecule has 0 heterocycles. The van der Waals surface area contributed by atoms with Gasteiger partial charge in [-0.2, -0.15) is 5.10 Å². The van der Waals surface area contributed by atoms with Crippen LogP contribution in [0.25, 0.3) is 0 Å². The van der Waals surface area contributed by atoms with Crippen LogP contribution in [-0.4, -0.2) is 39.9 Å². The molecule has 0 saturated heterocycles. The fourth-order valence-electron chi connectivity index (χ4n) is 2.78. The Labute approximate surface area is 172 Å². The van der Waals surface area contributed by atoms with Crippen LogP contribution in [0, 0.1) is 13.8 Å². The smallest absolute Gasteiger partial charge is 0.260 e. The van der Waals surface area contributed by atoms with E-state index in [0.717, 1.165) is 39.4 Å². The second kappa shape index (κ2) is 10.1. The van der Waals surface area contributed by atoms with Gasteiger partial charge in [0.15, 0.2) is 0 Å². The Morgan fingerprint density at radius 3 is 2.31 bits per heavy atom. The minimum Gasteiger partial charge on any atom is -0.494 e. The van der Waals surface area contributed by atoms with Crippen LogP contribution in [0.15, 0.2) is 47.6 Å². The molecule has 0 spiro atoms. The Morgan fingerprint density at radius 1 is 1.14 bits per heavy atom. The molecule has 156 valence electrons. The molecule has 2 aromatic carbocycles. The third kappa shape index (κ3) is 6.60. The first-order valence-corrected chi connectivity index (χ1v) is 11.2. The first-order valence-electron chi connectivity index (χ1n) is 9.31. The van der Waals surface area contributed by atoms with Crippen molar-refractivity contribution in [2.45, 2.75) is 27.2 Å². The highest BCUT2D eigenvalue weighted by atomic mass is 32.2. The lowest BCUT2D eigenvalue weighted by Crippen LogP contribution is -2.39. The number of hydrogen-bond acceptors (Lipinski definition) is 5. The molecule has 2 rings (SSSR count). The SMILES string of the molecule is CCCOc1ccc(/C=N\NC(=O)CN(c2c(C)cccc2C)S(C)(=O)=O)cc1. The van der Waals surface area contributed by atoms with Gasteiger partial charge in [0, 0.05) is 0 Å². The fourth-order valence-corrected chi connectivity index (χ4v) is 3.75. The van der Waals surface area contributed by atoms with Crippen molar-refractivity contribution in [3.8, 4) is 5.75 Å². The summed E-state index contributed by atoms with van der Waals surface area (Å²) in [5.41, 5.74) is 5.23. The van der Waals surface area contributed by atoms with Crippen molar-refractivity contribution >= 4 is 27.8 Å². The van der Waals surface area contributed by atoms with Crippen molar-refractivity contribution < 1.29 is 17.9 Å². The van der Waals surface area contributed by atoms with Gasteiger partial charge in [0.25, 0.3) is 5.91 Å². The number of anilines is 1. The number of hydrogen-bond donors (Lipinski definition) is 1. The number of rotatable bonds is 9. The third-order valence-electron chi connectivity index (χ3n) is 4.13. The van der Waals surface area contributed by atoms with Crippen molar-refractivity contribution in [1.82, 2.24) is 5.43 Å². The summed E-state index contributed by atoms with van der Waals surface area (Å²) in [4.78, 5) is 12.3. The van der Waals surface area contributed by atoms with Gasteiger partial charge in [-0.1, -0.05) is 25.1 Å². The molecule has 7 nitrogen and oxygen atoms in total. The van der Waals surface area contributed by atoms with Crippen LogP contribution >= 0.6 is 0 Å². The molecule has 0 aliphatic rings. The van der Waals surface area contributed by atoms with Gasteiger partial charge in [-0.3, -0.25) is 9.10 Å². The number of benzene rings is 2. The van der Waals surface area contributed by atoms with E-state index in [4.69, 9.17) is 4.74 Å². The standard InChI is InChI=1S/C21H27N3O4S/c1-5-13-28-19-11-9-18(10-12-19)14-22-23-20(25)15-24(29(4,26)27)21-16(2)7-6-8-17(21)3/h6-12,14H,5,13,15H2,1-4H3,(H,23,25)/b22-14-. The average molecular weight is 418 g/mol. The molecule has 1 N–H and O–H groups in total. The Kier molecular flexibility index (Phi) is 7.78. The van der Waals surface area contributed by atoms with Gasteiger partial charge in [0.05, 0.1) is 24.8 Å². The maximum atomic E-state index is 12.3. The zero-order valence-corrected chi connectivity index (χ0v) is 18.0. The normalized spacial score (nSPS) is 11.4. The van der Waals surface area contributed by atoms with Gasteiger partial charge in [0.2, 0.25) is 10.0 Å². The van der Waals surface area contributed by atoms with E-state index < -0.39 is 15.9 Å². The number of amides is 1. The Morgan fingerprint density at radius 2 is 1.76 bits per heavy atom. The summed E-state index contributed by atoms with van der Waals surface area (Å²) in [5.74, 6) is 0.239. The molecule has 0 unspecified atom stereocenters. The van der Waals surface area contributed by atoms with Crippen LogP contribution in [-0.2, 0) is 14.8 Å². The van der Waals surface area contributed by atoms with Gasteiger partial charge >= 0.3 is 0 Å². The summed E-state index contributed by atoms with van der Waals surface area (Å²) < 4.78 is 31.2. The van der Waals surface area contributed by atoms with Crippen LogP contribution in [0.4, 0.5) is 5.69 Å². The van der Waals surface area contributed by atoms with Crippen molar-refractivity contribution in [2.24, 2.45) is 5.10 Å². The number of nitrogens with zero attached hydrogens (tertiary/aromatic N) is 2. The molecule has 8 heteroatoms. The molecular formula is C21H27N3O4S. The summed E-state index contributed by atoms with van der Waals surface area (Å²) in [6, 6.07) is 12.8. The summed E-state index contributed by atoms with van der Waals surface area (Å²) >= 11 is 0. The van der Waals surface area contributed by atoms with Gasteiger partial charge in [-0.05, 0) is 61.2 Å². The van der Waals surface area contributed by atoms with E-state index in [1.807, 2.05) is 63.2 Å². The first-order chi connectivity index (χ1) is 13.7. The zero-order chi connectivity index (χ0) is 21.4. The predicted octanol–water partition coefficient (Wildman–Crippen LogP) is 3.01. The number of hydrazone groups is 1. The number of nitrogens with one attached hydrogen (secondary N) is 1. The second-order valence-corrected chi connectivity index (χ2v) is 8.63. The molecule has 0 atom stereocenters. The molecular weight excluding hydrogens is 390 g/mol. The van der Waals surface area contributed by atoms with Crippen molar-refractivity contribution in [2.75, 3.05) is 23.7 Å². The number of para-hydroxylation sites is 1. The monoisotopic (exact) mass is 417 g/mol. The van der Waals surface area contributed by atoms with E-state index in [-0.39, 0.29) is 6.54 Å². The van der Waals surface area contributed by atoms with Crippen LogP contribution in [0.5, 0.6) is 5.75 Å². The summed E-state index contributed by atoms with van der Waals surface area (Å²) in [5, 5.41) is 3.92. The van der Waals surface area contributed by atoms with Gasteiger partial charge in [0.1, 0.15) is 12.3 Å². The molecule has 0 fully saturated rings. The van der Waals surface area contributed by atoms with Gasteiger partial charge < -0.3 is 4.74 Å². The molecule has 0 aromatic heterocycles. The van der Waals surface area contributed by atoms with E-state index in [1.165, 1.54) is 6.21 Å². The molecule has 0 radical (unpaired) electrons. The van der Waals surface area contributed by atoms with Gasteiger partial charge in [-0.25, -0.2) is 13.8 Å². The third-order valence-corrected chi connectivity index (χ3v) is 5.24. The predicted molar refractivity (Wildman–Crippen MR) is 116 cm³/mol. The minimum atomic E-state index is -3.64. The van der Waals surface area contributed by atoms with E-state index in [1.54, 1.807) is 0 Å². The lowest BCUT2D eigenvalue weighted by atomic mass is 10.1. The Hall–Kier alpha value is -2.87. The van der Waals surface area contributed by atoms with Crippen LogP contribution in [0.1, 0.15) is 30.0 Å². The Balaban J connectivity index is 2.05. The van der Waals surface area contributed by atoms with Crippen LogP contribution in [0.2, 0.25) is 0 Å². The summed E-state index contributed by atoms with van der Waals surface area (Å²) in [6.07, 6.45) is 3.50. The lowest BCUT2D eigenvalue weighted by Gasteiger charge is -2.25. The highest BCUT2D eigenvalue weighted by Gasteiger charge is 2.23. The summed E-state index contributed by atoms with van der Waals surface area (Å²) in [7, 11) is -3.64. The quantitative estimate of drug-likeness (QED) is 0.502. The highest BCUT2D eigenvalue weighted by Crippen LogP contribution is 2.26. The number of carbonyl (C=O) groups excluding carboxylic acids is 1. The maximum Gasteiger partial charge on any atom is 0.260 e. The first kappa shape index (κ1) is 22.4. The number of carbonyl (C=O) groups is 1. The molecule has 29 heavy (non-hydrogen) atoms. The minimum absolute atomic E-state index is 0.355. The molecule has 2 aromatic rings. The number of aryl methyl sites for hydroxylation is 2. The van der Waals surface area contributed by atoms with E-state index in [9.17, 15) is 13.2 Å². The molecule has 1 amide bonds. The fraction of sp³-hybridized carbons (Fsp3) is 0.333. The van der Waals surface area contributed by atoms with E-state index in [0.29, 0.717) is 12.3 Å². The molecule has 0 aliphatic heterocycles. The second-order valence-electron chi connectivity index (χ2n) is 6.72. The number of ether oxygens (including phenoxy) is 1. The van der Waals surface area contributed by atoms with Gasteiger partial charge in [-0.15, -0.1) is 0 Å². The van der Waals surface area contributed by atoms with Crippen LogP contribution < -0.4 is 14.5 Å². The van der Waals surface area contributed by atoms with E-state index in [2.05, 4.69) is 10.5 Å². The molecule has 0 saturated carbocycles. The largest absolute Gasteiger partial charge is 0.494 e. The maximum absolute atomic E-state index is 12.3. The van der Waals surface area contributed by atoms with E-state index >= 15 is 0 Å². The van der Waals surface area contributed by atoms with Crippen molar-refractivity contribution in [1.29, 1.82) is 0 Å². The Bertz CT molecular complexity index is 950. The van der Waals surface area contributed by atoms with Crippen molar-refractivity contribution in [3.05, 3.63) is 59.2 Å². The number of sulfonamides is 1. The topological polar surface area (TPSA) is 88.1 Å². The lowest BCUT2D eigenvalue weighted by molar-refractivity contribution is -0.119. The summed E-state index contributed by atoms with van der Waals surface area (Å²) in [6.45, 7) is 5.95. The zero-order valence-electron chi connectivity index (χ0n) is 17.2. The molecule has 0 bridgehead atoms. The molecule has 0 aliphatic carbocycles. The average Bonchev–Trinajstić information content (AvgIpc) is 2.65.